The first kappa shape index (κ1) is 24.4. The molecule has 0 spiro atoms. The van der Waals surface area contributed by atoms with Gasteiger partial charge in [0.05, 0.1) is 29.9 Å². The van der Waals surface area contributed by atoms with E-state index in [1.807, 2.05) is 30.3 Å². The molecule has 2 aromatic heterocycles. The molecule has 0 aliphatic rings. The Kier molecular flexibility index (Phi) is 6.85. The van der Waals surface area contributed by atoms with E-state index in [2.05, 4.69) is 19.2 Å². The number of benzene rings is 3. The summed E-state index contributed by atoms with van der Waals surface area (Å²) in [7, 11) is 0. The van der Waals surface area contributed by atoms with Gasteiger partial charge in [-0.2, -0.15) is 8.75 Å². The van der Waals surface area contributed by atoms with Gasteiger partial charge in [0.15, 0.2) is 5.76 Å². The zero-order valence-corrected chi connectivity index (χ0v) is 20.9. The van der Waals surface area contributed by atoms with Gasteiger partial charge in [0.25, 0.3) is 0 Å². The SMILES string of the molecule is CC(OC(=O)Nc1cnoc1-c1ccc(-c2ccc(CC(=O)O)cc2)c2nsnc12)c1ccccc1Cl. The van der Waals surface area contributed by atoms with E-state index >= 15 is 0 Å². The summed E-state index contributed by atoms with van der Waals surface area (Å²) >= 11 is 7.26. The van der Waals surface area contributed by atoms with E-state index < -0.39 is 18.2 Å². The monoisotopic (exact) mass is 534 g/mol. The van der Waals surface area contributed by atoms with E-state index in [-0.39, 0.29) is 6.42 Å². The second-order valence-electron chi connectivity index (χ2n) is 8.15. The number of nitrogens with one attached hydrogen (secondary N) is 1. The Morgan fingerprint density at radius 1 is 1.05 bits per heavy atom. The molecule has 0 bridgehead atoms. The molecule has 11 heteroatoms. The van der Waals surface area contributed by atoms with E-state index in [0.717, 1.165) is 22.9 Å². The number of aliphatic carboxylic acids is 1. The smallest absolute Gasteiger partial charge is 0.412 e. The molecule has 1 atom stereocenters. The number of amides is 1. The molecule has 0 aliphatic heterocycles. The van der Waals surface area contributed by atoms with Crippen molar-refractivity contribution in [3.63, 3.8) is 0 Å². The quantitative estimate of drug-likeness (QED) is 0.239. The van der Waals surface area contributed by atoms with Crippen LogP contribution in [0.2, 0.25) is 5.02 Å². The van der Waals surface area contributed by atoms with Crippen LogP contribution >= 0.6 is 23.3 Å². The Hall–Kier alpha value is -4.28. The normalized spacial score (nSPS) is 11.8. The maximum Gasteiger partial charge on any atom is 0.412 e. The fourth-order valence-corrected chi connectivity index (χ4v) is 4.81. The van der Waals surface area contributed by atoms with Crippen LogP contribution in [0.4, 0.5) is 10.5 Å². The molecule has 0 radical (unpaired) electrons. The largest absolute Gasteiger partial charge is 0.481 e. The number of nitrogens with zero attached hydrogens (tertiary/aromatic N) is 3. The lowest BCUT2D eigenvalue weighted by atomic mass is 9.99. The molecule has 9 nitrogen and oxygen atoms in total. The summed E-state index contributed by atoms with van der Waals surface area (Å²) in [5.41, 5.74) is 5.22. The number of rotatable bonds is 7. The van der Waals surface area contributed by atoms with Crippen molar-refractivity contribution in [2.75, 3.05) is 5.32 Å². The number of carbonyl (C=O) groups is 2. The molecule has 0 aliphatic carbocycles. The maximum atomic E-state index is 12.6. The lowest BCUT2D eigenvalue weighted by Gasteiger charge is -2.15. The minimum atomic E-state index is -0.887. The van der Waals surface area contributed by atoms with Gasteiger partial charge in [0.1, 0.15) is 22.8 Å². The van der Waals surface area contributed by atoms with Crippen LogP contribution in [0.1, 0.15) is 24.2 Å². The van der Waals surface area contributed by atoms with Crippen molar-refractivity contribution in [3.05, 3.63) is 83.0 Å². The minimum absolute atomic E-state index is 0.0479. The minimum Gasteiger partial charge on any atom is -0.481 e. The zero-order chi connectivity index (χ0) is 25.9. The molecular formula is C26H19ClN4O5S. The van der Waals surface area contributed by atoms with Gasteiger partial charge < -0.3 is 14.4 Å². The third kappa shape index (κ3) is 5.16. The highest BCUT2D eigenvalue weighted by atomic mass is 35.5. The first-order chi connectivity index (χ1) is 17.9. The Morgan fingerprint density at radius 2 is 1.76 bits per heavy atom. The molecule has 0 fully saturated rings. The highest BCUT2D eigenvalue weighted by Gasteiger charge is 2.22. The zero-order valence-electron chi connectivity index (χ0n) is 19.3. The van der Waals surface area contributed by atoms with E-state index in [1.165, 1.54) is 6.20 Å². The Labute approximate surface area is 220 Å². The third-order valence-electron chi connectivity index (χ3n) is 5.71. The van der Waals surface area contributed by atoms with Crippen LogP contribution in [-0.4, -0.2) is 31.1 Å². The van der Waals surface area contributed by atoms with Crippen LogP contribution in [-0.2, 0) is 16.0 Å². The molecule has 3 aromatic carbocycles. The fraction of sp³-hybridized carbons (Fsp3) is 0.115. The van der Waals surface area contributed by atoms with Crippen LogP contribution in [0, 0.1) is 0 Å². The van der Waals surface area contributed by atoms with Gasteiger partial charge in [0.2, 0.25) is 0 Å². The van der Waals surface area contributed by atoms with Crippen molar-refractivity contribution in [3.8, 4) is 22.5 Å². The van der Waals surface area contributed by atoms with Crippen LogP contribution < -0.4 is 5.32 Å². The van der Waals surface area contributed by atoms with Gasteiger partial charge in [-0.15, -0.1) is 0 Å². The molecule has 186 valence electrons. The highest BCUT2D eigenvalue weighted by Crippen LogP contribution is 2.37. The average molecular weight is 535 g/mol. The summed E-state index contributed by atoms with van der Waals surface area (Å²) in [5.74, 6) is -0.578. The first-order valence-corrected chi connectivity index (χ1v) is 12.2. The summed E-state index contributed by atoms with van der Waals surface area (Å²) in [6, 6.07) is 18.1. The molecule has 0 saturated heterocycles. The summed E-state index contributed by atoms with van der Waals surface area (Å²) in [6.45, 7) is 1.73. The van der Waals surface area contributed by atoms with E-state index in [9.17, 15) is 9.59 Å². The lowest BCUT2D eigenvalue weighted by Crippen LogP contribution is -2.16. The van der Waals surface area contributed by atoms with Crippen LogP contribution in [0.5, 0.6) is 0 Å². The second-order valence-corrected chi connectivity index (χ2v) is 9.09. The lowest BCUT2D eigenvalue weighted by molar-refractivity contribution is -0.136. The third-order valence-corrected chi connectivity index (χ3v) is 6.59. The fourth-order valence-electron chi connectivity index (χ4n) is 3.95. The molecule has 2 heterocycles. The number of halogens is 1. The number of ether oxygens (including phenoxy) is 1. The standard InChI is InChI=1S/C26H19ClN4O5S/c1-14(17-4-2-3-5-20(17)27)35-26(34)29-21-13-28-36-25(21)19-11-10-18(23-24(19)31-37-30-23)16-8-6-15(7-9-16)12-22(32)33/h2-11,13-14H,12H2,1H3,(H,29,34)(H,32,33). The number of carboxylic acids is 1. The van der Waals surface area contributed by atoms with Crippen molar-refractivity contribution < 1.29 is 24.0 Å². The number of carboxylic acid groups (broad SMARTS) is 1. The van der Waals surface area contributed by atoms with Gasteiger partial charge in [-0.1, -0.05) is 65.3 Å². The first-order valence-electron chi connectivity index (χ1n) is 11.1. The molecule has 2 N–H and O–H groups in total. The predicted molar refractivity (Wildman–Crippen MR) is 140 cm³/mol. The van der Waals surface area contributed by atoms with Gasteiger partial charge in [-0.25, -0.2) is 4.79 Å². The Morgan fingerprint density at radius 3 is 2.49 bits per heavy atom. The van der Waals surface area contributed by atoms with Gasteiger partial charge >= 0.3 is 12.1 Å². The van der Waals surface area contributed by atoms with Gasteiger partial charge in [-0.05, 0) is 30.2 Å². The molecular weight excluding hydrogens is 516 g/mol. The van der Waals surface area contributed by atoms with Crippen LogP contribution in [0.3, 0.4) is 0 Å². The Bertz CT molecular complexity index is 1600. The average Bonchev–Trinajstić information content (AvgIpc) is 3.54. The molecule has 5 rings (SSSR count). The van der Waals surface area contributed by atoms with Gasteiger partial charge in [0, 0.05) is 16.1 Å². The molecule has 5 aromatic rings. The molecule has 37 heavy (non-hydrogen) atoms. The van der Waals surface area contributed by atoms with E-state index in [1.54, 1.807) is 37.3 Å². The predicted octanol–water partition coefficient (Wildman–Crippen LogP) is 6.60. The topological polar surface area (TPSA) is 127 Å². The van der Waals surface area contributed by atoms with Crippen molar-refractivity contribution in [1.82, 2.24) is 13.9 Å². The van der Waals surface area contributed by atoms with Crippen LogP contribution in [0.15, 0.2) is 71.4 Å². The molecule has 1 amide bonds. The van der Waals surface area contributed by atoms with Gasteiger partial charge in [-0.3, -0.25) is 10.1 Å². The van der Waals surface area contributed by atoms with Crippen molar-refractivity contribution in [2.45, 2.75) is 19.4 Å². The molecule has 0 saturated carbocycles. The highest BCUT2D eigenvalue weighted by molar-refractivity contribution is 7.00. The van der Waals surface area contributed by atoms with Crippen molar-refractivity contribution in [2.24, 2.45) is 0 Å². The summed E-state index contributed by atoms with van der Waals surface area (Å²) in [6.07, 6.45) is 0.0702. The number of hydrogen-bond acceptors (Lipinski definition) is 8. The Balaban J connectivity index is 1.40. The van der Waals surface area contributed by atoms with Crippen molar-refractivity contribution >= 4 is 52.1 Å². The summed E-state index contributed by atoms with van der Waals surface area (Å²) < 4.78 is 19.9. The van der Waals surface area contributed by atoms with Crippen molar-refractivity contribution in [1.29, 1.82) is 0 Å². The summed E-state index contributed by atoms with van der Waals surface area (Å²) in [5, 5.41) is 16.0. The number of anilines is 1. The molecule has 1 unspecified atom stereocenters. The summed E-state index contributed by atoms with van der Waals surface area (Å²) in [4.78, 5) is 23.6. The van der Waals surface area contributed by atoms with E-state index in [4.69, 9.17) is 26.0 Å². The number of aromatic nitrogens is 3. The van der Waals surface area contributed by atoms with Crippen LogP contribution in [0.25, 0.3) is 33.5 Å². The number of fused-ring (bicyclic) bond motifs is 1. The van der Waals surface area contributed by atoms with E-state index in [0.29, 0.717) is 44.2 Å². The number of carbonyl (C=O) groups excluding carboxylic acids is 1. The number of hydrogen-bond donors (Lipinski definition) is 2. The maximum absolute atomic E-state index is 12.6. The second kappa shape index (κ2) is 10.4.